The van der Waals surface area contributed by atoms with E-state index in [1.165, 1.54) is 20.0 Å². The number of rotatable bonds is 7. The van der Waals surface area contributed by atoms with E-state index in [4.69, 9.17) is 19.2 Å². The molecule has 44 heavy (non-hydrogen) atoms. The molecule has 228 valence electrons. The molecule has 5 atom stereocenters. The standard InChI is InChI=1S/C33H35N5O6/c1-42-25-9-6-20(15-34-25)36-28-22(31(40)37-21-7-10-26(43-2)35-16-21)14-33(41)24-13-19-5-8-23(39)29-27(19)32(33,30(28)44-29)11-12-38(24)17-18-3-4-18/h5-10,15-16,18,22,24,30,39,41H,3-4,11-14,17H2,1-2H3,(H,37,40)/t22?,24-,30+,32+,33-/m1/s1. The number of likely N-dealkylation sites (tertiary alicyclic amines) is 1. The zero-order chi connectivity index (χ0) is 30.2. The summed E-state index contributed by atoms with van der Waals surface area (Å²) in [6.45, 7) is 1.73. The first-order valence-corrected chi connectivity index (χ1v) is 15.2. The van der Waals surface area contributed by atoms with Crippen LogP contribution in [0, 0.1) is 11.8 Å². The molecule has 2 saturated carbocycles. The Morgan fingerprint density at radius 3 is 2.57 bits per heavy atom. The van der Waals surface area contributed by atoms with Crippen LogP contribution in [0.4, 0.5) is 11.4 Å². The fourth-order valence-corrected chi connectivity index (χ4v) is 8.19. The number of phenolic OH excluding ortho intramolecular Hbond substituents is 1. The molecule has 11 heteroatoms. The third-order valence-corrected chi connectivity index (χ3v) is 10.4. The van der Waals surface area contributed by atoms with E-state index in [-0.39, 0.29) is 24.1 Å². The molecule has 1 spiro atoms. The van der Waals surface area contributed by atoms with Crippen LogP contribution < -0.4 is 19.5 Å². The third kappa shape index (κ3) is 3.95. The van der Waals surface area contributed by atoms with Gasteiger partial charge in [0.25, 0.3) is 0 Å². The number of anilines is 1. The summed E-state index contributed by atoms with van der Waals surface area (Å²) in [5.74, 6) is 0.801. The number of aromatic hydroxyl groups is 1. The number of carbonyl (C=O) groups is 1. The van der Waals surface area contributed by atoms with Gasteiger partial charge in [0.2, 0.25) is 17.7 Å². The van der Waals surface area contributed by atoms with Crippen LogP contribution >= 0.6 is 0 Å². The van der Waals surface area contributed by atoms with Crippen molar-refractivity contribution in [2.75, 3.05) is 32.6 Å². The summed E-state index contributed by atoms with van der Waals surface area (Å²) in [7, 11) is 3.08. The molecule has 1 saturated heterocycles. The number of nitrogens with one attached hydrogen (secondary N) is 1. The largest absolute Gasteiger partial charge is 0.504 e. The highest BCUT2D eigenvalue weighted by Gasteiger charge is 2.74. The van der Waals surface area contributed by atoms with E-state index in [2.05, 4.69) is 20.2 Å². The molecule has 1 aromatic carbocycles. The van der Waals surface area contributed by atoms with Crippen LogP contribution in [0.25, 0.3) is 0 Å². The number of aliphatic imine (C=N–C) groups is 1. The lowest BCUT2D eigenvalue weighted by Crippen LogP contribution is -2.78. The van der Waals surface area contributed by atoms with E-state index in [0.29, 0.717) is 53.4 Å². The van der Waals surface area contributed by atoms with Crippen molar-refractivity contribution in [3.63, 3.8) is 0 Å². The first-order valence-electron chi connectivity index (χ1n) is 15.2. The molecule has 3 N–H and O–H groups in total. The Morgan fingerprint density at radius 2 is 1.89 bits per heavy atom. The second kappa shape index (κ2) is 9.90. The van der Waals surface area contributed by atoms with Crippen LogP contribution in [0.15, 0.2) is 53.8 Å². The minimum atomic E-state index is -1.30. The van der Waals surface area contributed by atoms with Crippen molar-refractivity contribution < 1.29 is 29.2 Å². The molecule has 5 aliphatic rings. The zero-order valence-corrected chi connectivity index (χ0v) is 24.7. The summed E-state index contributed by atoms with van der Waals surface area (Å²) in [6.07, 6.45) is 6.19. The van der Waals surface area contributed by atoms with Gasteiger partial charge < -0.3 is 29.7 Å². The summed E-state index contributed by atoms with van der Waals surface area (Å²) in [5.41, 5.74) is 1.32. The summed E-state index contributed by atoms with van der Waals surface area (Å²) < 4.78 is 17.1. The highest BCUT2D eigenvalue weighted by molar-refractivity contribution is 6.13. The quantitative estimate of drug-likeness (QED) is 0.374. The Balaban J connectivity index is 1.27. The molecule has 3 aromatic rings. The molecule has 1 amide bonds. The van der Waals surface area contributed by atoms with E-state index in [9.17, 15) is 15.0 Å². The third-order valence-electron chi connectivity index (χ3n) is 10.4. The number of carbonyl (C=O) groups excluding carboxylic acids is 1. The van der Waals surface area contributed by atoms with Gasteiger partial charge in [-0.25, -0.2) is 9.97 Å². The number of hydrogen-bond acceptors (Lipinski definition) is 10. The number of pyridine rings is 2. The van der Waals surface area contributed by atoms with Gasteiger partial charge >= 0.3 is 0 Å². The lowest BCUT2D eigenvalue weighted by molar-refractivity contribution is -0.175. The van der Waals surface area contributed by atoms with E-state index >= 15 is 0 Å². The van der Waals surface area contributed by atoms with Gasteiger partial charge in [0.1, 0.15) is 0 Å². The summed E-state index contributed by atoms with van der Waals surface area (Å²) >= 11 is 0. The lowest BCUT2D eigenvalue weighted by Gasteiger charge is -2.64. The van der Waals surface area contributed by atoms with Gasteiger partial charge in [0, 0.05) is 30.3 Å². The number of phenols is 1. The molecule has 1 unspecified atom stereocenters. The van der Waals surface area contributed by atoms with Gasteiger partial charge in [0.05, 0.1) is 60.6 Å². The van der Waals surface area contributed by atoms with E-state index in [1.807, 2.05) is 6.07 Å². The average molecular weight is 598 g/mol. The average Bonchev–Trinajstić information content (AvgIpc) is 3.78. The summed E-state index contributed by atoms with van der Waals surface area (Å²) in [5, 5.41) is 27.2. The molecular weight excluding hydrogens is 562 g/mol. The Labute approximate surface area is 254 Å². The summed E-state index contributed by atoms with van der Waals surface area (Å²) in [6, 6.07) is 10.4. The Morgan fingerprint density at radius 1 is 1.11 bits per heavy atom. The van der Waals surface area contributed by atoms with Gasteiger partial charge in [-0.15, -0.1) is 0 Å². The molecular formula is C33H35N5O6. The minimum absolute atomic E-state index is 0.0320. The monoisotopic (exact) mass is 597 g/mol. The number of ether oxygens (including phenoxy) is 3. The Bertz CT molecular complexity index is 1660. The Hall–Kier alpha value is -4.22. The number of methoxy groups -OCH3 is 2. The van der Waals surface area contributed by atoms with Gasteiger partial charge in [0.15, 0.2) is 17.6 Å². The number of piperidine rings is 1. The highest BCUT2D eigenvalue weighted by atomic mass is 16.5. The zero-order valence-electron chi connectivity index (χ0n) is 24.7. The van der Waals surface area contributed by atoms with Crippen LogP contribution in [0.5, 0.6) is 23.3 Å². The number of hydrogen-bond donors (Lipinski definition) is 3. The van der Waals surface area contributed by atoms with Crippen LogP contribution in [0.2, 0.25) is 0 Å². The van der Waals surface area contributed by atoms with Gasteiger partial charge in [-0.3, -0.25) is 14.7 Å². The Kier molecular flexibility index (Phi) is 6.15. The molecule has 11 nitrogen and oxygen atoms in total. The van der Waals surface area contributed by atoms with Crippen molar-refractivity contribution in [2.45, 2.75) is 55.3 Å². The van der Waals surface area contributed by atoms with Crippen LogP contribution in [0.3, 0.4) is 0 Å². The minimum Gasteiger partial charge on any atom is -0.504 e. The van der Waals surface area contributed by atoms with Crippen molar-refractivity contribution in [1.82, 2.24) is 14.9 Å². The molecule has 2 aromatic heterocycles. The van der Waals surface area contributed by atoms with E-state index in [1.54, 1.807) is 49.8 Å². The first kappa shape index (κ1) is 27.3. The van der Waals surface area contributed by atoms with Crippen LogP contribution in [0.1, 0.15) is 36.8 Å². The molecule has 4 heterocycles. The van der Waals surface area contributed by atoms with E-state index in [0.717, 1.165) is 24.2 Å². The maximum atomic E-state index is 14.2. The number of aliphatic hydroxyl groups is 1. The van der Waals surface area contributed by atoms with Crippen molar-refractivity contribution in [2.24, 2.45) is 16.8 Å². The van der Waals surface area contributed by atoms with Gasteiger partial charge in [-0.1, -0.05) is 6.07 Å². The molecule has 8 rings (SSSR count). The molecule has 0 radical (unpaired) electrons. The predicted octanol–water partition coefficient (Wildman–Crippen LogP) is 3.40. The van der Waals surface area contributed by atoms with Crippen LogP contribution in [-0.2, 0) is 16.6 Å². The second-order valence-electron chi connectivity index (χ2n) is 12.7. The number of nitrogens with zero attached hydrogens (tertiary/aromatic N) is 4. The SMILES string of the molecule is COc1ccc(N=C2C(C(=O)Nc3ccc(OC)nc3)C[C@@]3(O)[C@H]4Cc5ccc(O)c6c5[C@@]3(CCN4CC3CC3)[C@H]2O6)cn1. The first-order chi connectivity index (χ1) is 21.3. The highest BCUT2D eigenvalue weighted by Crippen LogP contribution is 2.66. The van der Waals surface area contributed by atoms with Crippen LogP contribution in [-0.4, -0.2) is 81.8 Å². The maximum Gasteiger partial charge on any atom is 0.233 e. The molecule has 2 bridgehead atoms. The molecule has 3 aliphatic carbocycles. The van der Waals surface area contributed by atoms with Gasteiger partial charge in [-0.2, -0.15) is 0 Å². The fourth-order valence-electron chi connectivity index (χ4n) is 8.19. The number of benzene rings is 1. The number of amides is 1. The normalized spacial score (nSPS) is 30.8. The maximum absolute atomic E-state index is 14.2. The van der Waals surface area contributed by atoms with Gasteiger partial charge in [-0.05, 0) is 68.3 Å². The predicted molar refractivity (Wildman–Crippen MR) is 161 cm³/mol. The number of aromatic nitrogens is 2. The van der Waals surface area contributed by atoms with Crippen molar-refractivity contribution >= 4 is 23.0 Å². The van der Waals surface area contributed by atoms with Crippen molar-refractivity contribution in [3.05, 3.63) is 59.9 Å². The summed E-state index contributed by atoms with van der Waals surface area (Å²) in [4.78, 5) is 30.3. The topological polar surface area (TPSA) is 139 Å². The second-order valence-corrected chi connectivity index (χ2v) is 12.7. The smallest absolute Gasteiger partial charge is 0.233 e. The molecule has 2 aliphatic heterocycles. The van der Waals surface area contributed by atoms with Crippen molar-refractivity contribution in [1.29, 1.82) is 0 Å². The van der Waals surface area contributed by atoms with Crippen molar-refractivity contribution in [3.8, 4) is 23.3 Å². The molecule has 3 fully saturated rings. The van der Waals surface area contributed by atoms with E-state index < -0.39 is 23.0 Å². The lowest BCUT2D eigenvalue weighted by atomic mass is 9.47. The fraction of sp³-hybridized carbons (Fsp3) is 0.455.